The van der Waals surface area contributed by atoms with Gasteiger partial charge in [-0.05, 0) is 0 Å². The molecule has 0 aromatic rings. The average molecular weight is 238 g/mol. The first-order valence-corrected chi connectivity index (χ1v) is 0. The molecule has 0 aliphatic rings. The fourth-order valence-electron chi connectivity index (χ4n) is 0. The Kier molecular flexibility index (Phi) is 1140. The molecule has 0 aliphatic carbocycles. The van der Waals surface area contributed by atoms with Crippen LogP contribution in [0.25, 0.3) is 0 Å². The Morgan fingerprint density at radius 1 is 0.500 bits per heavy atom. The molecule has 0 N–H and O–H groups in total. The molecule has 0 unspecified atom stereocenters. The minimum Gasteiger partial charge on any atom is -1.00 e. The normalized spacial score (nSPS) is 0. The van der Waals surface area contributed by atoms with E-state index in [4.69, 9.17) is 0 Å². The first-order valence-electron chi connectivity index (χ1n) is 0. The van der Waals surface area contributed by atoms with Crippen molar-refractivity contribution < 1.29 is 84.0 Å². The summed E-state index contributed by atoms with van der Waals surface area (Å²) in [6, 6.07) is 0. The van der Waals surface area contributed by atoms with Gasteiger partial charge in [-0.1, -0.05) is 0 Å². The maximum absolute atomic E-state index is 0. The molecule has 0 heterocycles. The van der Waals surface area contributed by atoms with Crippen LogP contribution in [0, 0.1) is 35.6 Å². The zero-order valence-corrected chi connectivity index (χ0v) is 8.72. The van der Waals surface area contributed by atoms with Crippen molar-refractivity contribution in [3.05, 3.63) is 0 Å². The molecular weight excluding hydrogens is 238 g/mol. The second-order valence-electron chi connectivity index (χ2n) is 0. The van der Waals surface area contributed by atoms with Crippen molar-refractivity contribution in [2.45, 2.75) is 0 Å². The summed E-state index contributed by atoms with van der Waals surface area (Å²) in [6.45, 7) is 0. The van der Waals surface area contributed by atoms with E-state index in [1.54, 1.807) is 0 Å². The molecule has 0 bridgehead atoms. The molecular formula is F4LaNa. The molecule has 0 nitrogen and oxygen atoms in total. The molecule has 0 saturated heterocycles. The molecule has 0 rings (SSSR count). The fourth-order valence-corrected chi connectivity index (χ4v) is 0. The topological polar surface area (TPSA) is 0 Å². The van der Waals surface area contributed by atoms with Crippen LogP contribution in [0.4, 0.5) is 0 Å². The molecule has 0 fully saturated rings. The van der Waals surface area contributed by atoms with Crippen molar-refractivity contribution in [3.63, 3.8) is 0 Å². The summed E-state index contributed by atoms with van der Waals surface area (Å²) in [5.74, 6) is 0. The average Bonchev–Trinajstić information content (AvgIpc) is 0. The van der Waals surface area contributed by atoms with Crippen LogP contribution in [0.15, 0.2) is 0 Å². The van der Waals surface area contributed by atoms with E-state index in [0.29, 0.717) is 0 Å². The van der Waals surface area contributed by atoms with E-state index < -0.39 is 0 Å². The van der Waals surface area contributed by atoms with Gasteiger partial charge < -0.3 is 18.8 Å². The Balaban J connectivity index is 0. The number of rotatable bonds is 0. The maximum Gasteiger partial charge on any atom is 3.00 e. The van der Waals surface area contributed by atoms with E-state index >= 15 is 0 Å². The molecule has 0 aromatic heterocycles. The summed E-state index contributed by atoms with van der Waals surface area (Å²) < 4.78 is 0. The maximum atomic E-state index is 0. The van der Waals surface area contributed by atoms with Crippen LogP contribution in [0.3, 0.4) is 0 Å². The van der Waals surface area contributed by atoms with Crippen molar-refractivity contribution in [2.24, 2.45) is 0 Å². The molecule has 0 spiro atoms. The van der Waals surface area contributed by atoms with Gasteiger partial charge in [0, 0.05) is 0 Å². The minimum absolute atomic E-state index is 0. The quantitative estimate of drug-likeness (QED) is 0.290. The van der Waals surface area contributed by atoms with Crippen LogP contribution in [0.2, 0.25) is 0 Å². The largest absolute Gasteiger partial charge is 3.00 e. The Labute approximate surface area is 82.8 Å². The summed E-state index contributed by atoms with van der Waals surface area (Å²) in [7, 11) is 0. The second-order valence-corrected chi connectivity index (χ2v) is 0. The summed E-state index contributed by atoms with van der Waals surface area (Å²) in [4.78, 5) is 0. The predicted octanol–water partition coefficient (Wildman–Crippen LogP) is -15.0. The third kappa shape index (κ3) is 39.0. The SMILES string of the molecule is [F-].[F-].[F-].[F-].[La+3].[Na+]. The molecule has 0 aliphatic heterocycles. The van der Waals surface area contributed by atoms with E-state index in [9.17, 15) is 0 Å². The molecule has 0 atom stereocenters. The summed E-state index contributed by atoms with van der Waals surface area (Å²) >= 11 is 0. The van der Waals surface area contributed by atoms with Gasteiger partial charge >= 0.3 is 65.2 Å². The first-order chi connectivity index (χ1) is 0. The Bertz CT molecular complexity index is 7.51. The predicted molar refractivity (Wildman–Crippen MR) is 0 cm³/mol. The summed E-state index contributed by atoms with van der Waals surface area (Å²) in [6.07, 6.45) is 0. The van der Waals surface area contributed by atoms with Gasteiger partial charge in [-0.25, -0.2) is 0 Å². The monoisotopic (exact) mass is 238 g/mol. The third-order valence-electron chi connectivity index (χ3n) is 0. The number of halogens is 4. The van der Waals surface area contributed by atoms with Crippen LogP contribution < -0.4 is 48.4 Å². The van der Waals surface area contributed by atoms with Crippen molar-refractivity contribution in [1.82, 2.24) is 0 Å². The van der Waals surface area contributed by atoms with Crippen LogP contribution in [-0.2, 0) is 0 Å². The van der Waals surface area contributed by atoms with Gasteiger partial charge in [-0.15, -0.1) is 0 Å². The van der Waals surface area contributed by atoms with E-state index in [2.05, 4.69) is 0 Å². The first kappa shape index (κ1) is 103. The van der Waals surface area contributed by atoms with Gasteiger partial charge in [-0.2, -0.15) is 0 Å². The third-order valence-corrected chi connectivity index (χ3v) is 0. The zero-order valence-electron chi connectivity index (χ0n) is 3.09. The van der Waals surface area contributed by atoms with Crippen LogP contribution in [0.1, 0.15) is 0 Å². The molecule has 6 heavy (non-hydrogen) atoms. The van der Waals surface area contributed by atoms with Crippen molar-refractivity contribution in [2.75, 3.05) is 0 Å². The number of hydrogen-bond donors (Lipinski definition) is 0. The Morgan fingerprint density at radius 3 is 0.500 bits per heavy atom. The Morgan fingerprint density at radius 2 is 0.500 bits per heavy atom. The molecule has 32 valence electrons. The van der Waals surface area contributed by atoms with Crippen LogP contribution >= 0.6 is 0 Å². The fraction of sp³-hybridized carbons (Fsp3) is 0. The molecule has 0 amide bonds. The minimum atomic E-state index is 0. The second kappa shape index (κ2) is 66.0. The van der Waals surface area contributed by atoms with Crippen molar-refractivity contribution >= 4 is 0 Å². The van der Waals surface area contributed by atoms with Crippen LogP contribution in [0.5, 0.6) is 0 Å². The van der Waals surface area contributed by atoms with Gasteiger partial charge in [0.15, 0.2) is 0 Å². The van der Waals surface area contributed by atoms with E-state index in [1.807, 2.05) is 0 Å². The number of hydrogen-bond acceptors (Lipinski definition) is 0. The van der Waals surface area contributed by atoms with E-state index in [0.717, 1.165) is 0 Å². The molecule has 0 aromatic carbocycles. The van der Waals surface area contributed by atoms with Crippen LogP contribution in [-0.4, -0.2) is 0 Å². The van der Waals surface area contributed by atoms with Gasteiger partial charge in [0.2, 0.25) is 0 Å². The smallest absolute Gasteiger partial charge is 1.00 e. The van der Waals surface area contributed by atoms with Crippen molar-refractivity contribution in [1.29, 1.82) is 0 Å². The van der Waals surface area contributed by atoms with E-state index in [-0.39, 0.29) is 84.0 Å². The molecule has 0 radical (unpaired) electrons. The molecule has 6 heteroatoms. The summed E-state index contributed by atoms with van der Waals surface area (Å²) in [5.41, 5.74) is 0. The van der Waals surface area contributed by atoms with Gasteiger partial charge in [-0.3, -0.25) is 0 Å². The van der Waals surface area contributed by atoms with Gasteiger partial charge in [0.05, 0.1) is 0 Å². The van der Waals surface area contributed by atoms with Gasteiger partial charge in [0.1, 0.15) is 0 Å². The van der Waals surface area contributed by atoms with Crippen molar-refractivity contribution in [3.8, 4) is 0 Å². The zero-order chi connectivity index (χ0) is 0. The summed E-state index contributed by atoms with van der Waals surface area (Å²) in [5, 5.41) is 0. The standard InChI is InChI=1S/4FH.La.Na/h4*1H;;/q;;;;+3;+1/p-4. The Hall–Kier alpha value is 1.91. The van der Waals surface area contributed by atoms with E-state index in [1.165, 1.54) is 0 Å². The molecule has 0 saturated carbocycles. The van der Waals surface area contributed by atoms with Gasteiger partial charge in [0.25, 0.3) is 0 Å².